The highest BCUT2D eigenvalue weighted by molar-refractivity contribution is 7.99. The minimum atomic E-state index is 0.0765. The van der Waals surface area contributed by atoms with Gasteiger partial charge in [0, 0.05) is 28.5 Å². The predicted octanol–water partition coefficient (Wildman–Crippen LogP) is 4.22. The lowest BCUT2D eigenvalue weighted by Gasteiger charge is -2.29. The molecule has 0 unspecified atom stereocenters. The number of benzene rings is 1. The fourth-order valence-electron chi connectivity index (χ4n) is 2.50. The first-order valence-corrected chi connectivity index (χ1v) is 8.83. The molecule has 1 aliphatic rings. The van der Waals surface area contributed by atoms with Gasteiger partial charge >= 0.3 is 0 Å². The van der Waals surface area contributed by atoms with Gasteiger partial charge in [-0.1, -0.05) is 24.3 Å². The lowest BCUT2D eigenvalue weighted by Crippen LogP contribution is -2.32. The Kier molecular flexibility index (Phi) is 4.43. The van der Waals surface area contributed by atoms with Crippen molar-refractivity contribution in [1.29, 1.82) is 0 Å². The molecule has 2 atom stereocenters. The van der Waals surface area contributed by atoms with Gasteiger partial charge in [0.05, 0.1) is 12.0 Å². The maximum absolute atomic E-state index is 12.3. The van der Waals surface area contributed by atoms with E-state index < -0.39 is 0 Å². The van der Waals surface area contributed by atoms with Crippen LogP contribution in [-0.2, 0) is 4.79 Å². The topological polar surface area (TPSA) is 29.1 Å². The van der Waals surface area contributed by atoms with Crippen molar-refractivity contribution in [1.82, 2.24) is 0 Å². The van der Waals surface area contributed by atoms with Crippen molar-refractivity contribution in [3.05, 3.63) is 52.7 Å². The van der Waals surface area contributed by atoms with Crippen molar-refractivity contribution in [2.24, 2.45) is 5.92 Å². The van der Waals surface area contributed by atoms with Gasteiger partial charge in [-0.25, -0.2) is 0 Å². The van der Waals surface area contributed by atoms with E-state index in [9.17, 15) is 4.79 Å². The zero-order valence-electron chi connectivity index (χ0n) is 11.1. The van der Waals surface area contributed by atoms with Gasteiger partial charge in [-0.15, -0.1) is 11.3 Å². The van der Waals surface area contributed by atoms with Crippen LogP contribution in [0.5, 0.6) is 0 Å². The number of hydrogen-bond acceptors (Lipinski definition) is 4. The van der Waals surface area contributed by atoms with Crippen LogP contribution < -0.4 is 5.32 Å². The van der Waals surface area contributed by atoms with Crippen LogP contribution in [0.15, 0.2) is 47.8 Å². The Bertz CT molecular complexity index is 553. The van der Waals surface area contributed by atoms with E-state index in [0.717, 1.165) is 17.2 Å². The van der Waals surface area contributed by atoms with E-state index in [0.29, 0.717) is 12.2 Å². The molecule has 1 N–H and O–H groups in total. The van der Waals surface area contributed by atoms with E-state index in [-0.39, 0.29) is 12.0 Å². The van der Waals surface area contributed by atoms with Gasteiger partial charge < -0.3 is 5.32 Å². The van der Waals surface area contributed by atoms with Crippen LogP contribution in [0.2, 0.25) is 0 Å². The van der Waals surface area contributed by atoms with Gasteiger partial charge in [-0.05, 0) is 23.6 Å². The third kappa shape index (κ3) is 3.07. The molecule has 1 aromatic heterocycles. The number of nitrogens with one attached hydrogen (secondary N) is 1. The molecule has 1 saturated heterocycles. The molecule has 0 radical (unpaired) electrons. The number of anilines is 1. The van der Waals surface area contributed by atoms with E-state index >= 15 is 0 Å². The average Bonchev–Trinajstić information content (AvgIpc) is 3.01. The molecule has 4 heteroatoms. The van der Waals surface area contributed by atoms with Gasteiger partial charge in [0.25, 0.3) is 0 Å². The molecular weight excluding hydrogens is 286 g/mol. The smallest absolute Gasteiger partial charge is 0.140 e. The lowest BCUT2D eigenvalue weighted by atomic mass is 9.93. The maximum atomic E-state index is 12.3. The molecule has 0 bridgehead atoms. The number of thioether (sulfide) groups is 1. The number of carbonyl (C=O) groups excluding carboxylic acids is 1. The molecular formula is C16H17NOS2. The largest absolute Gasteiger partial charge is 0.377 e. The summed E-state index contributed by atoms with van der Waals surface area (Å²) in [6.45, 7) is 0. The van der Waals surface area contributed by atoms with Crippen LogP contribution in [0.4, 0.5) is 5.69 Å². The molecule has 1 fully saturated rings. The van der Waals surface area contributed by atoms with Crippen LogP contribution in [0.1, 0.15) is 17.3 Å². The van der Waals surface area contributed by atoms with Gasteiger partial charge in [0.15, 0.2) is 0 Å². The highest BCUT2D eigenvalue weighted by atomic mass is 32.2. The number of rotatable bonds is 4. The first kappa shape index (κ1) is 13.7. The highest BCUT2D eigenvalue weighted by Gasteiger charge is 2.32. The van der Waals surface area contributed by atoms with E-state index in [4.69, 9.17) is 0 Å². The van der Waals surface area contributed by atoms with E-state index in [1.807, 2.05) is 30.0 Å². The molecule has 0 spiro atoms. The average molecular weight is 303 g/mol. The first-order valence-electron chi connectivity index (χ1n) is 6.80. The third-order valence-electron chi connectivity index (χ3n) is 3.55. The Hall–Kier alpha value is -1.26. The Morgan fingerprint density at radius 1 is 1.15 bits per heavy atom. The summed E-state index contributed by atoms with van der Waals surface area (Å²) in [5.41, 5.74) is 1.08. The molecule has 20 heavy (non-hydrogen) atoms. The summed E-state index contributed by atoms with van der Waals surface area (Å²) in [7, 11) is 0. The highest BCUT2D eigenvalue weighted by Crippen LogP contribution is 2.35. The van der Waals surface area contributed by atoms with Crippen LogP contribution in [0, 0.1) is 5.92 Å². The second-order valence-electron chi connectivity index (χ2n) is 4.90. The molecule has 1 aliphatic heterocycles. The Balaban J connectivity index is 1.86. The summed E-state index contributed by atoms with van der Waals surface area (Å²) in [6.07, 6.45) is 0.702. The molecule has 0 saturated carbocycles. The van der Waals surface area contributed by atoms with Gasteiger partial charge in [0.2, 0.25) is 0 Å². The van der Waals surface area contributed by atoms with E-state index in [2.05, 4.69) is 35.0 Å². The first-order chi connectivity index (χ1) is 9.84. The third-order valence-corrected chi connectivity index (χ3v) is 5.59. The normalized spacial score (nSPS) is 20.6. The molecule has 104 valence electrons. The fourth-order valence-corrected chi connectivity index (χ4v) is 4.48. The molecule has 0 amide bonds. The summed E-state index contributed by atoms with van der Waals surface area (Å²) in [5, 5.41) is 5.64. The van der Waals surface area contributed by atoms with Crippen molar-refractivity contribution in [3.63, 3.8) is 0 Å². The zero-order chi connectivity index (χ0) is 13.8. The number of para-hydroxylation sites is 1. The van der Waals surface area contributed by atoms with Crippen LogP contribution >= 0.6 is 23.1 Å². The quantitative estimate of drug-likeness (QED) is 0.916. The fraction of sp³-hybridized carbons (Fsp3) is 0.312. The maximum Gasteiger partial charge on any atom is 0.140 e. The summed E-state index contributed by atoms with van der Waals surface area (Å²) in [4.78, 5) is 13.5. The minimum Gasteiger partial charge on any atom is -0.377 e. The number of thiophene rings is 1. The SMILES string of the molecule is O=C1CCSC[C@@H]1[C@H](Nc1ccccc1)c1cccs1. The van der Waals surface area contributed by atoms with Crippen LogP contribution in [0.25, 0.3) is 0 Å². The second kappa shape index (κ2) is 6.46. The lowest BCUT2D eigenvalue weighted by molar-refractivity contribution is -0.122. The Morgan fingerprint density at radius 2 is 2.00 bits per heavy atom. The van der Waals surface area contributed by atoms with Crippen molar-refractivity contribution < 1.29 is 4.79 Å². The van der Waals surface area contributed by atoms with E-state index in [1.54, 1.807) is 11.3 Å². The Morgan fingerprint density at radius 3 is 2.70 bits per heavy atom. The van der Waals surface area contributed by atoms with Crippen molar-refractivity contribution >= 4 is 34.6 Å². The summed E-state index contributed by atoms with van der Waals surface area (Å²) >= 11 is 3.61. The summed E-state index contributed by atoms with van der Waals surface area (Å²) < 4.78 is 0. The minimum absolute atomic E-state index is 0.0765. The second-order valence-corrected chi connectivity index (χ2v) is 7.03. The summed E-state index contributed by atoms with van der Waals surface area (Å²) in [5.74, 6) is 2.36. The molecule has 2 heterocycles. The number of Topliss-reactive ketones (excluding diaryl/α,β-unsaturated/α-hetero) is 1. The van der Waals surface area contributed by atoms with Crippen molar-refractivity contribution in [2.45, 2.75) is 12.5 Å². The molecule has 0 aliphatic carbocycles. The van der Waals surface area contributed by atoms with Gasteiger partial charge in [-0.2, -0.15) is 11.8 Å². The standard InChI is InChI=1S/C16H17NOS2/c18-14-8-10-19-11-13(14)16(15-7-4-9-20-15)17-12-5-2-1-3-6-12/h1-7,9,13,16-17H,8,10-11H2/t13-,16-/m0/s1. The van der Waals surface area contributed by atoms with Gasteiger partial charge in [-0.3, -0.25) is 4.79 Å². The van der Waals surface area contributed by atoms with Crippen LogP contribution in [-0.4, -0.2) is 17.3 Å². The predicted molar refractivity (Wildman–Crippen MR) is 87.6 cm³/mol. The van der Waals surface area contributed by atoms with Crippen molar-refractivity contribution in [3.8, 4) is 0 Å². The molecule has 2 nitrogen and oxygen atoms in total. The Labute approximate surface area is 127 Å². The molecule has 1 aromatic carbocycles. The van der Waals surface area contributed by atoms with Crippen molar-refractivity contribution in [2.75, 3.05) is 16.8 Å². The van der Waals surface area contributed by atoms with Gasteiger partial charge in [0.1, 0.15) is 5.78 Å². The molecule has 3 rings (SSSR count). The van der Waals surface area contributed by atoms with Crippen LogP contribution in [0.3, 0.4) is 0 Å². The zero-order valence-corrected chi connectivity index (χ0v) is 12.8. The number of hydrogen-bond donors (Lipinski definition) is 1. The number of ketones is 1. The summed E-state index contributed by atoms with van der Waals surface area (Å²) in [6, 6.07) is 14.4. The van der Waals surface area contributed by atoms with E-state index in [1.165, 1.54) is 4.88 Å². The monoisotopic (exact) mass is 303 g/mol. The number of carbonyl (C=O) groups is 1. The molecule has 2 aromatic rings.